The average Bonchev–Trinajstić information content (AvgIpc) is 3.63. The molecule has 2 saturated heterocycles. The number of benzene rings is 1. The topological polar surface area (TPSA) is 147 Å². The number of urea groups is 1. The number of hydrogen-bond acceptors (Lipinski definition) is 9. The first kappa shape index (κ1) is 32.6. The van der Waals surface area contributed by atoms with Gasteiger partial charge in [-0.05, 0) is 83.6 Å². The van der Waals surface area contributed by atoms with Gasteiger partial charge in [0.15, 0.2) is 11.5 Å². The molecule has 6 heterocycles. The van der Waals surface area contributed by atoms with Crippen LogP contribution in [0.3, 0.4) is 0 Å². The van der Waals surface area contributed by atoms with Crippen molar-refractivity contribution in [3.05, 3.63) is 81.5 Å². The zero-order valence-corrected chi connectivity index (χ0v) is 28.8. The van der Waals surface area contributed by atoms with Crippen LogP contribution in [0.1, 0.15) is 78.7 Å². The highest BCUT2D eigenvalue weighted by Gasteiger charge is 2.46. The van der Waals surface area contributed by atoms with E-state index in [-0.39, 0.29) is 29.3 Å². The fourth-order valence-electron chi connectivity index (χ4n) is 7.38. The minimum Gasteiger partial charge on any atom is -0.351 e. The summed E-state index contributed by atoms with van der Waals surface area (Å²) in [6.45, 7) is 13.3. The molecular formula is C35H44N10O4. The molecule has 3 aromatic heterocycles. The minimum atomic E-state index is -0.564. The van der Waals surface area contributed by atoms with Crippen LogP contribution in [-0.4, -0.2) is 86.0 Å². The van der Waals surface area contributed by atoms with E-state index in [4.69, 9.17) is 9.62 Å². The molecule has 7 rings (SSSR count). The molecule has 1 atom stereocenters. The lowest BCUT2D eigenvalue weighted by atomic mass is 9.72. The highest BCUT2D eigenvalue weighted by Crippen LogP contribution is 2.40. The third kappa shape index (κ3) is 6.32. The molecule has 49 heavy (non-hydrogen) atoms. The number of piperidine rings is 1. The number of nitrogens with one attached hydrogen (secondary N) is 2. The van der Waals surface area contributed by atoms with Crippen molar-refractivity contribution in [2.75, 3.05) is 50.0 Å². The second-order valence-electron chi connectivity index (χ2n) is 14.2. The van der Waals surface area contributed by atoms with Crippen LogP contribution in [0.5, 0.6) is 0 Å². The Morgan fingerprint density at radius 1 is 1.08 bits per heavy atom. The molecule has 0 radical (unpaired) electrons. The van der Waals surface area contributed by atoms with Crippen molar-refractivity contribution in [1.29, 1.82) is 0 Å². The van der Waals surface area contributed by atoms with E-state index >= 15 is 0 Å². The standard InChI is InChI=1S/C35H44N10O4/c1-22(2)45-31-23(3)18-42(29-11-10-27(17-36-29)44-24(4)40-49-34(44)48)19-28(31)30(39-45)32(46)37-16-25-6-8-26(9-7-25)38-33(47)43-20-35(21-43)12-14-41(5)15-13-35/h6-11,17,22-23H,12-16,18-21H2,1-5H3,(H,37,46)(H,38,47)/t23-/m0/s1. The molecule has 1 aromatic carbocycles. The lowest BCUT2D eigenvalue weighted by molar-refractivity contribution is -0.0129. The fraction of sp³-hybridized carbons (Fsp3) is 0.486. The van der Waals surface area contributed by atoms with Gasteiger partial charge >= 0.3 is 11.8 Å². The van der Waals surface area contributed by atoms with E-state index in [1.165, 1.54) is 4.57 Å². The van der Waals surface area contributed by atoms with E-state index in [1.807, 2.05) is 46.0 Å². The fourth-order valence-corrected chi connectivity index (χ4v) is 7.38. The Morgan fingerprint density at radius 3 is 2.45 bits per heavy atom. The molecule has 4 aromatic rings. The Balaban J connectivity index is 0.995. The van der Waals surface area contributed by atoms with Crippen molar-refractivity contribution >= 4 is 23.4 Å². The highest BCUT2D eigenvalue weighted by atomic mass is 16.5. The number of likely N-dealkylation sites (tertiary alicyclic amines) is 2. The normalized spacial score (nSPS) is 18.8. The number of nitrogens with zero attached hydrogens (tertiary/aromatic N) is 8. The van der Waals surface area contributed by atoms with Gasteiger partial charge in [0.25, 0.3) is 5.91 Å². The van der Waals surface area contributed by atoms with Gasteiger partial charge in [0.1, 0.15) is 5.82 Å². The van der Waals surface area contributed by atoms with Crippen LogP contribution in [-0.2, 0) is 13.1 Å². The summed E-state index contributed by atoms with van der Waals surface area (Å²) in [5, 5.41) is 14.6. The monoisotopic (exact) mass is 668 g/mol. The van der Waals surface area contributed by atoms with Crippen LogP contribution < -0.4 is 21.3 Å². The molecule has 2 N–H and O–H groups in total. The number of aromatic nitrogens is 5. The zero-order chi connectivity index (χ0) is 34.4. The van der Waals surface area contributed by atoms with Crippen LogP contribution in [0.4, 0.5) is 16.3 Å². The van der Waals surface area contributed by atoms with Gasteiger partial charge in [-0.3, -0.25) is 14.0 Å². The maximum absolute atomic E-state index is 13.7. The third-order valence-electron chi connectivity index (χ3n) is 10.2. The molecular weight excluding hydrogens is 624 g/mol. The number of carbonyl (C=O) groups excluding carboxylic acids is 2. The van der Waals surface area contributed by atoms with E-state index in [0.717, 1.165) is 67.3 Å². The summed E-state index contributed by atoms with van der Waals surface area (Å²) in [6.07, 6.45) is 3.91. The molecule has 0 saturated carbocycles. The number of fused-ring (bicyclic) bond motifs is 1. The van der Waals surface area contributed by atoms with Gasteiger partial charge in [0.2, 0.25) is 0 Å². The molecule has 0 aliphatic carbocycles. The van der Waals surface area contributed by atoms with Crippen LogP contribution in [0.15, 0.2) is 51.9 Å². The summed E-state index contributed by atoms with van der Waals surface area (Å²) in [5.41, 5.74) is 4.85. The number of anilines is 2. The summed E-state index contributed by atoms with van der Waals surface area (Å²) in [5.74, 6) is 0.463. The Hall–Kier alpha value is -4.98. The predicted molar refractivity (Wildman–Crippen MR) is 184 cm³/mol. The van der Waals surface area contributed by atoms with Crippen molar-refractivity contribution in [1.82, 2.24) is 39.6 Å². The second-order valence-corrected chi connectivity index (χ2v) is 14.2. The Bertz CT molecular complexity index is 1890. The van der Waals surface area contributed by atoms with Gasteiger partial charge in [0.05, 0.1) is 11.9 Å². The van der Waals surface area contributed by atoms with Crippen molar-refractivity contribution < 1.29 is 14.1 Å². The second kappa shape index (κ2) is 12.8. The largest absolute Gasteiger partial charge is 0.446 e. The third-order valence-corrected chi connectivity index (χ3v) is 10.2. The van der Waals surface area contributed by atoms with Crippen molar-refractivity contribution in [2.45, 2.75) is 65.6 Å². The molecule has 2 fully saturated rings. The van der Waals surface area contributed by atoms with Crippen LogP contribution >= 0.6 is 0 Å². The van der Waals surface area contributed by atoms with Gasteiger partial charge in [-0.25, -0.2) is 19.1 Å². The summed E-state index contributed by atoms with van der Waals surface area (Å²) in [7, 11) is 2.15. The number of amides is 3. The zero-order valence-electron chi connectivity index (χ0n) is 28.8. The summed E-state index contributed by atoms with van der Waals surface area (Å²) < 4.78 is 8.09. The van der Waals surface area contributed by atoms with Gasteiger partial charge in [0, 0.05) is 67.0 Å². The number of pyridine rings is 1. The van der Waals surface area contributed by atoms with E-state index in [0.29, 0.717) is 36.8 Å². The first-order valence-electron chi connectivity index (χ1n) is 17.0. The minimum absolute atomic E-state index is 0.0635. The van der Waals surface area contributed by atoms with E-state index < -0.39 is 5.76 Å². The molecule has 3 aliphatic heterocycles. The van der Waals surface area contributed by atoms with Gasteiger partial charge < -0.3 is 25.3 Å². The molecule has 3 aliphatic rings. The summed E-state index contributed by atoms with van der Waals surface area (Å²) >= 11 is 0. The van der Waals surface area contributed by atoms with Crippen molar-refractivity contribution in [3.8, 4) is 5.69 Å². The summed E-state index contributed by atoms with van der Waals surface area (Å²) in [4.78, 5) is 49.6. The molecule has 14 nitrogen and oxygen atoms in total. The number of carbonyl (C=O) groups is 2. The Labute approximate surface area is 285 Å². The molecule has 0 bridgehead atoms. The molecule has 3 amide bonds. The van der Waals surface area contributed by atoms with E-state index in [1.54, 1.807) is 13.1 Å². The first-order chi connectivity index (χ1) is 23.5. The van der Waals surface area contributed by atoms with Crippen LogP contribution in [0.25, 0.3) is 5.69 Å². The maximum atomic E-state index is 13.7. The summed E-state index contributed by atoms with van der Waals surface area (Å²) in [6, 6.07) is 11.3. The Morgan fingerprint density at radius 2 is 1.82 bits per heavy atom. The SMILES string of the molecule is Cc1noc(=O)n1-c1ccc(N2Cc3c(C(=O)NCc4ccc(NC(=O)N5CC6(CCN(C)CC6)C5)cc4)nn(C(C)C)c3[C@@H](C)C2)nc1. The molecule has 0 unspecified atom stereocenters. The van der Waals surface area contributed by atoms with Crippen molar-refractivity contribution in [2.24, 2.45) is 5.41 Å². The smallest absolute Gasteiger partial charge is 0.351 e. The highest BCUT2D eigenvalue weighted by molar-refractivity contribution is 5.94. The van der Waals surface area contributed by atoms with Gasteiger partial charge in [-0.1, -0.05) is 24.2 Å². The average molecular weight is 669 g/mol. The Kier molecular flexibility index (Phi) is 8.51. The quantitative estimate of drug-likeness (QED) is 0.299. The number of rotatable bonds is 7. The number of aryl methyl sites for hydroxylation is 1. The van der Waals surface area contributed by atoms with Gasteiger partial charge in [-0.15, -0.1) is 0 Å². The number of hydrogen-bond donors (Lipinski definition) is 2. The maximum Gasteiger partial charge on any atom is 0.446 e. The van der Waals surface area contributed by atoms with E-state index in [2.05, 4.69) is 58.4 Å². The van der Waals surface area contributed by atoms with Crippen LogP contribution in [0.2, 0.25) is 0 Å². The lowest BCUT2D eigenvalue weighted by Crippen LogP contribution is -2.62. The van der Waals surface area contributed by atoms with Gasteiger partial charge in [-0.2, -0.15) is 5.10 Å². The first-order valence-corrected chi connectivity index (χ1v) is 17.0. The van der Waals surface area contributed by atoms with Crippen LogP contribution in [0, 0.1) is 12.3 Å². The predicted octanol–water partition coefficient (Wildman–Crippen LogP) is 3.92. The van der Waals surface area contributed by atoms with E-state index in [9.17, 15) is 14.4 Å². The lowest BCUT2D eigenvalue weighted by Gasteiger charge is -2.53. The van der Waals surface area contributed by atoms with Crippen molar-refractivity contribution in [3.63, 3.8) is 0 Å². The molecule has 258 valence electrons. The molecule has 14 heteroatoms. The molecule has 1 spiro atoms.